The first-order valence-electron chi connectivity index (χ1n) is 3.93. The average Bonchev–Trinajstić information content (AvgIpc) is 2.07. The van der Waals surface area contributed by atoms with Gasteiger partial charge < -0.3 is 5.11 Å². The largest absolute Gasteiger partial charge is 0.392 e. The molecule has 0 unspecified atom stereocenters. The van der Waals surface area contributed by atoms with Crippen LogP contribution in [0.1, 0.15) is 12.5 Å². The van der Waals surface area contributed by atoms with Crippen LogP contribution in [0.15, 0.2) is 42.5 Å². The third kappa shape index (κ3) is 7.03. The molecule has 1 rings (SSSR count). The Bertz CT molecular complexity index is 214. The molecule has 0 atom stereocenters. The molecule has 1 heteroatoms. The second kappa shape index (κ2) is 6.62. The number of aliphatic hydroxyl groups is 1. The molecule has 0 aliphatic rings. The SMILES string of the molecule is C=C(C)CO.Cc1ccccc1. The third-order valence-corrected chi connectivity index (χ3v) is 1.21. The van der Waals surface area contributed by atoms with Gasteiger partial charge in [0.2, 0.25) is 0 Å². The van der Waals surface area contributed by atoms with E-state index in [2.05, 4.69) is 25.6 Å². The fourth-order valence-corrected chi connectivity index (χ4v) is 0.534. The number of benzene rings is 1. The van der Waals surface area contributed by atoms with Gasteiger partial charge in [-0.15, -0.1) is 0 Å². The van der Waals surface area contributed by atoms with Crippen LogP contribution in [0.2, 0.25) is 0 Å². The van der Waals surface area contributed by atoms with E-state index in [9.17, 15) is 0 Å². The summed E-state index contributed by atoms with van der Waals surface area (Å²) in [7, 11) is 0. The molecule has 0 aromatic heterocycles. The predicted octanol–water partition coefficient (Wildman–Crippen LogP) is 2.55. The van der Waals surface area contributed by atoms with Gasteiger partial charge in [-0.25, -0.2) is 0 Å². The normalized spacial score (nSPS) is 8.25. The van der Waals surface area contributed by atoms with E-state index in [1.807, 2.05) is 18.2 Å². The summed E-state index contributed by atoms with van der Waals surface area (Å²) < 4.78 is 0. The predicted molar refractivity (Wildman–Crippen MR) is 53.1 cm³/mol. The Hall–Kier alpha value is -1.08. The van der Waals surface area contributed by atoms with Crippen LogP contribution in [0.4, 0.5) is 0 Å². The van der Waals surface area contributed by atoms with Crippen molar-refractivity contribution in [3.8, 4) is 0 Å². The van der Waals surface area contributed by atoms with Crippen molar-refractivity contribution in [1.82, 2.24) is 0 Å². The van der Waals surface area contributed by atoms with Crippen LogP contribution < -0.4 is 0 Å². The van der Waals surface area contributed by atoms with E-state index in [4.69, 9.17) is 5.11 Å². The Kier molecular flexibility index (Phi) is 6.02. The minimum atomic E-state index is 0.111. The van der Waals surface area contributed by atoms with Gasteiger partial charge in [-0.1, -0.05) is 48.0 Å². The van der Waals surface area contributed by atoms with E-state index in [0.29, 0.717) is 0 Å². The Labute approximate surface area is 74.4 Å². The van der Waals surface area contributed by atoms with Crippen LogP contribution in [0.25, 0.3) is 0 Å². The molecule has 66 valence electrons. The van der Waals surface area contributed by atoms with Gasteiger partial charge in [0.05, 0.1) is 6.61 Å². The minimum Gasteiger partial charge on any atom is -0.392 e. The number of rotatable bonds is 1. The summed E-state index contributed by atoms with van der Waals surface area (Å²) in [5, 5.41) is 8.04. The van der Waals surface area contributed by atoms with E-state index in [0.717, 1.165) is 5.57 Å². The van der Waals surface area contributed by atoms with Crippen molar-refractivity contribution in [2.75, 3.05) is 6.61 Å². The van der Waals surface area contributed by atoms with Crippen LogP contribution in [-0.2, 0) is 0 Å². The van der Waals surface area contributed by atoms with Gasteiger partial charge >= 0.3 is 0 Å². The number of aryl methyl sites for hydroxylation is 1. The zero-order valence-electron chi connectivity index (χ0n) is 7.75. The van der Waals surface area contributed by atoms with Crippen molar-refractivity contribution in [3.05, 3.63) is 48.0 Å². The van der Waals surface area contributed by atoms with Gasteiger partial charge in [0.1, 0.15) is 0 Å². The lowest BCUT2D eigenvalue weighted by Gasteiger charge is -1.82. The van der Waals surface area contributed by atoms with Crippen LogP contribution >= 0.6 is 0 Å². The maximum atomic E-state index is 8.04. The molecule has 0 aliphatic heterocycles. The molecule has 1 aromatic rings. The van der Waals surface area contributed by atoms with Gasteiger partial charge in [-0.3, -0.25) is 0 Å². The molecule has 1 N–H and O–H groups in total. The maximum absolute atomic E-state index is 8.04. The van der Waals surface area contributed by atoms with Crippen molar-refractivity contribution in [3.63, 3.8) is 0 Å². The van der Waals surface area contributed by atoms with E-state index < -0.39 is 0 Å². The van der Waals surface area contributed by atoms with E-state index >= 15 is 0 Å². The van der Waals surface area contributed by atoms with Crippen molar-refractivity contribution in [2.24, 2.45) is 0 Å². The van der Waals surface area contributed by atoms with Crippen LogP contribution in [0, 0.1) is 6.92 Å². The summed E-state index contributed by atoms with van der Waals surface area (Å²) in [6.07, 6.45) is 0. The highest BCUT2D eigenvalue weighted by Crippen LogP contribution is 1.92. The topological polar surface area (TPSA) is 20.2 Å². The van der Waals surface area contributed by atoms with Gasteiger partial charge in [-0.2, -0.15) is 0 Å². The van der Waals surface area contributed by atoms with Crippen molar-refractivity contribution >= 4 is 0 Å². The van der Waals surface area contributed by atoms with Gasteiger partial charge in [-0.05, 0) is 13.8 Å². The fourth-order valence-electron chi connectivity index (χ4n) is 0.534. The van der Waals surface area contributed by atoms with Crippen LogP contribution in [-0.4, -0.2) is 11.7 Å². The Morgan fingerprint density at radius 2 is 1.75 bits per heavy atom. The van der Waals surface area contributed by atoms with Gasteiger partial charge in [0.25, 0.3) is 0 Å². The van der Waals surface area contributed by atoms with Crippen molar-refractivity contribution < 1.29 is 5.11 Å². The summed E-state index contributed by atoms with van der Waals surface area (Å²) in [5.41, 5.74) is 2.13. The highest BCUT2D eigenvalue weighted by atomic mass is 16.3. The lowest BCUT2D eigenvalue weighted by atomic mass is 10.2. The lowest BCUT2D eigenvalue weighted by molar-refractivity contribution is 0.332. The molecule has 0 bridgehead atoms. The molecule has 0 radical (unpaired) electrons. The summed E-state index contributed by atoms with van der Waals surface area (Å²) in [6, 6.07) is 10.3. The highest BCUT2D eigenvalue weighted by molar-refractivity contribution is 5.11. The first-order valence-corrected chi connectivity index (χ1v) is 3.93. The maximum Gasteiger partial charge on any atom is 0.0636 e. The molecule has 0 fully saturated rings. The van der Waals surface area contributed by atoms with Crippen LogP contribution in [0.5, 0.6) is 0 Å². The zero-order valence-corrected chi connectivity index (χ0v) is 7.75. The Balaban J connectivity index is 0.000000217. The molecule has 0 spiro atoms. The van der Waals surface area contributed by atoms with Crippen LogP contribution in [0.3, 0.4) is 0 Å². The first kappa shape index (κ1) is 10.9. The lowest BCUT2D eigenvalue weighted by Crippen LogP contribution is -1.76. The standard InChI is InChI=1S/C7H8.C4H8O/c1-7-5-3-2-4-6-7;1-4(2)3-5/h2-6H,1H3;5H,1,3H2,2H3. The molecule has 0 heterocycles. The second-order valence-corrected chi connectivity index (χ2v) is 2.77. The summed E-state index contributed by atoms with van der Waals surface area (Å²) in [5.74, 6) is 0. The highest BCUT2D eigenvalue weighted by Gasteiger charge is 1.72. The quantitative estimate of drug-likeness (QED) is 0.632. The smallest absolute Gasteiger partial charge is 0.0636 e. The van der Waals surface area contributed by atoms with Gasteiger partial charge in [0.15, 0.2) is 0 Å². The second-order valence-electron chi connectivity index (χ2n) is 2.77. The summed E-state index contributed by atoms with van der Waals surface area (Å²) in [6.45, 7) is 7.40. The summed E-state index contributed by atoms with van der Waals surface area (Å²) >= 11 is 0. The van der Waals surface area contributed by atoms with Crippen molar-refractivity contribution in [1.29, 1.82) is 0 Å². The molecule has 0 saturated carbocycles. The zero-order chi connectivity index (χ0) is 9.40. The van der Waals surface area contributed by atoms with E-state index in [-0.39, 0.29) is 6.61 Å². The molecule has 1 nitrogen and oxygen atoms in total. The Morgan fingerprint density at radius 3 is 1.92 bits per heavy atom. The number of hydrogen-bond acceptors (Lipinski definition) is 1. The molecule has 12 heavy (non-hydrogen) atoms. The van der Waals surface area contributed by atoms with E-state index in [1.165, 1.54) is 5.56 Å². The van der Waals surface area contributed by atoms with Crippen molar-refractivity contribution in [2.45, 2.75) is 13.8 Å². The minimum absolute atomic E-state index is 0.111. The number of aliphatic hydroxyl groups excluding tert-OH is 1. The van der Waals surface area contributed by atoms with Gasteiger partial charge in [0, 0.05) is 0 Å². The molecular weight excluding hydrogens is 148 g/mol. The third-order valence-electron chi connectivity index (χ3n) is 1.21. The molecule has 0 aliphatic carbocycles. The summed E-state index contributed by atoms with van der Waals surface area (Å²) in [4.78, 5) is 0. The molecule has 0 amide bonds. The molecule has 1 aromatic carbocycles. The number of hydrogen-bond donors (Lipinski definition) is 1. The van der Waals surface area contributed by atoms with E-state index in [1.54, 1.807) is 6.92 Å². The average molecular weight is 164 g/mol. The fraction of sp³-hybridized carbons (Fsp3) is 0.273. The Morgan fingerprint density at radius 1 is 1.33 bits per heavy atom. The molecule has 0 saturated heterocycles. The first-order chi connectivity index (χ1) is 5.66. The molecular formula is C11H16O. The monoisotopic (exact) mass is 164 g/mol.